The van der Waals surface area contributed by atoms with Crippen molar-refractivity contribution >= 4 is 23.2 Å². The molecule has 0 atom stereocenters. The van der Waals surface area contributed by atoms with Crippen molar-refractivity contribution in [3.63, 3.8) is 0 Å². The van der Waals surface area contributed by atoms with Crippen LogP contribution < -0.4 is 0 Å². The first kappa shape index (κ1) is 10.7. The van der Waals surface area contributed by atoms with E-state index in [1.165, 1.54) is 0 Å². The molecule has 5 nitrogen and oxygen atoms in total. The summed E-state index contributed by atoms with van der Waals surface area (Å²) in [6.45, 7) is 0. The molecule has 78 valence electrons. The summed E-state index contributed by atoms with van der Waals surface area (Å²) < 4.78 is 0. The van der Waals surface area contributed by atoms with E-state index >= 15 is 0 Å². The predicted molar refractivity (Wildman–Crippen MR) is 57.8 cm³/mol. The summed E-state index contributed by atoms with van der Waals surface area (Å²) >= 11 is 11.3. The predicted octanol–water partition coefficient (Wildman–Crippen LogP) is 2.11. The molecule has 0 unspecified atom stereocenters. The SMILES string of the molecule is N#Cc1cccc(-c2nc(Cl)nc(Cl)n2)n1. The number of aromatic nitrogens is 4. The van der Waals surface area contributed by atoms with E-state index in [1.807, 2.05) is 6.07 Å². The zero-order chi connectivity index (χ0) is 11.5. The second-order valence-corrected chi connectivity index (χ2v) is 3.39. The Morgan fingerprint density at radius 1 is 1.00 bits per heavy atom. The number of rotatable bonds is 1. The van der Waals surface area contributed by atoms with Gasteiger partial charge in [-0.25, -0.2) is 4.98 Å². The van der Waals surface area contributed by atoms with Crippen molar-refractivity contribution in [3.05, 3.63) is 34.5 Å². The highest BCUT2D eigenvalue weighted by molar-refractivity contribution is 6.31. The van der Waals surface area contributed by atoms with Gasteiger partial charge in [-0.15, -0.1) is 0 Å². The fourth-order valence-electron chi connectivity index (χ4n) is 1.06. The Labute approximate surface area is 101 Å². The van der Waals surface area contributed by atoms with E-state index in [9.17, 15) is 0 Å². The van der Waals surface area contributed by atoms with Crippen LogP contribution in [-0.4, -0.2) is 19.9 Å². The van der Waals surface area contributed by atoms with Crippen molar-refractivity contribution in [3.8, 4) is 17.6 Å². The molecule has 0 fully saturated rings. The van der Waals surface area contributed by atoms with Gasteiger partial charge < -0.3 is 0 Å². The van der Waals surface area contributed by atoms with Gasteiger partial charge in [0.1, 0.15) is 17.5 Å². The zero-order valence-corrected chi connectivity index (χ0v) is 9.24. The number of hydrogen-bond acceptors (Lipinski definition) is 5. The van der Waals surface area contributed by atoms with Gasteiger partial charge in [-0.1, -0.05) is 6.07 Å². The molecule has 0 aliphatic carbocycles. The molecular weight excluding hydrogens is 249 g/mol. The van der Waals surface area contributed by atoms with Crippen LogP contribution in [0.1, 0.15) is 5.69 Å². The van der Waals surface area contributed by atoms with Gasteiger partial charge in [0.25, 0.3) is 0 Å². The maximum atomic E-state index is 8.70. The van der Waals surface area contributed by atoms with Gasteiger partial charge in [-0.05, 0) is 35.3 Å². The molecule has 16 heavy (non-hydrogen) atoms. The number of halogens is 2. The molecule has 0 aromatic carbocycles. The fraction of sp³-hybridized carbons (Fsp3) is 0. The van der Waals surface area contributed by atoms with Crippen LogP contribution in [0.2, 0.25) is 10.6 Å². The monoisotopic (exact) mass is 251 g/mol. The lowest BCUT2D eigenvalue weighted by atomic mass is 10.3. The van der Waals surface area contributed by atoms with Gasteiger partial charge in [0.15, 0.2) is 5.82 Å². The average molecular weight is 252 g/mol. The molecule has 2 aromatic rings. The Morgan fingerprint density at radius 3 is 2.31 bits per heavy atom. The molecular formula is C9H3Cl2N5. The van der Waals surface area contributed by atoms with Crippen LogP contribution in [0.25, 0.3) is 11.5 Å². The van der Waals surface area contributed by atoms with E-state index in [0.29, 0.717) is 5.69 Å². The van der Waals surface area contributed by atoms with Crippen molar-refractivity contribution < 1.29 is 0 Å². The summed E-state index contributed by atoms with van der Waals surface area (Å²) in [7, 11) is 0. The Morgan fingerprint density at radius 2 is 1.69 bits per heavy atom. The summed E-state index contributed by atoms with van der Waals surface area (Å²) in [4.78, 5) is 15.4. The Kier molecular flexibility index (Phi) is 2.95. The standard InChI is InChI=1S/C9H3Cl2N5/c10-8-14-7(15-9(11)16-8)6-3-1-2-5(4-12)13-6/h1-3H. The summed E-state index contributed by atoms with van der Waals surface area (Å²) in [5, 5.41) is 8.67. The maximum absolute atomic E-state index is 8.70. The van der Waals surface area contributed by atoms with Crippen LogP contribution in [0.4, 0.5) is 0 Å². The Bertz CT molecular complexity index is 558. The van der Waals surface area contributed by atoms with Crippen molar-refractivity contribution in [2.45, 2.75) is 0 Å². The number of nitrogens with zero attached hydrogens (tertiary/aromatic N) is 5. The highest BCUT2D eigenvalue weighted by Gasteiger charge is 2.07. The van der Waals surface area contributed by atoms with Crippen LogP contribution in [0.3, 0.4) is 0 Å². The van der Waals surface area contributed by atoms with E-state index < -0.39 is 0 Å². The number of hydrogen-bond donors (Lipinski definition) is 0. The highest BCUT2D eigenvalue weighted by atomic mass is 35.5. The van der Waals surface area contributed by atoms with E-state index in [4.69, 9.17) is 28.5 Å². The number of pyridine rings is 1. The molecule has 0 amide bonds. The quantitative estimate of drug-likeness (QED) is 0.776. The van der Waals surface area contributed by atoms with Crippen LogP contribution in [0.15, 0.2) is 18.2 Å². The van der Waals surface area contributed by atoms with E-state index in [0.717, 1.165) is 0 Å². The summed E-state index contributed by atoms with van der Waals surface area (Å²) in [5.74, 6) is 0.238. The van der Waals surface area contributed by atoms with Crippen LogP contribution in [-0.2, 0) is 0 Å². The van der Waals surface area contributed by atoms with Crippen LogP contribution in [0.5, 0.6) is 0 Å². The van der Waals surface area contributed by atoms with Crippen LogP contribution in [0, 0.1) is 11.3 Å². The minimum atomic E-state index is -0.0147. The smallest absolute Gasteiger partial charge is 0.227 e. The van der Waals surface area contributed by atoms with Gasteiger partial charge in [0, 0.05) is 0 Å². The van der Waals surface area contributed by atoms with E-state index in [-0.39, 0.29) is 22.1 Å². The van der Waals surface area contributed by atoms with Gasteiger partial charge >= 0.3 is 0 Å². The first-order valence-corrected chi connectivity index (χ1v) is 4.89. The summed E-state index contributed by atoms with van der Waals surface area (Å²) in [6, 6.07) is 6.82. The van der Waals surface area contributed by atoms with Crippen molar-refractivity contribution in [1.29, 1.82) is 5.26 Å². The summed E-state index contributed by atoms with van der Waals surface area (Å²) in [6.07, 6.45) is 0. The molecule has 2 rings (SSSR count). The van der Waals surface area contributed by atoms with Gasteiger partial charge in [-0.2, -0.15) is 20.2 Å². The van der Waals surface area contributed by atoms with Crippen molar-refractivity contribution in [2.24, 2.45) is 0 Å². The van der Waals surface area contributed by atoms with Gasteiger partial charge in [-0.3, -0.25) is 0 Å². The average Bonchev–Trinajstić information content (AvgIpc) is 2.28. The molecule has 0 N–H and O–H groups in total. The number of nitriles is 1. The molecule has 0 saturated heterocycles. The fourth-order valence-corrected chi connectivity index (χ4v) is 1.43. The minimum Gasteiger partial charge on any atom is -0.234 e. The van der Waals surface area contributed by atoms with Gasteiger partial charge in [0.05, 0.1) is 0 Å². The molecule has 0 aliphatic heterocycles. The normalized spacial score (nSPS) is 9.81. The molecule has 2 heterocycles. The largest absolute Gasteiger partial charge is 0.234 e. The molecule has 0 saturated carbocycles. The molecule has 2 aromatic heterocycles. The van der Waals surface area contributed by atoms with E-state index in [1.54, 1.807) is 18.2 Å². The third-order valence-electron chi connectivity index (χ3n) is 1.67. The third kappa shape index (κ3) is 2.24. The highest BCUT2D eigenvalue weighted by Crippen LogP contribution is 2.16. The topological polar surface area (TPSA) is 75.3 Å². The minimum absolute atomic E-state index is 0.0147. The zero-order valence-electron chi connectivity index (χ0n) is 7.72. The first-order valence-electron chi connectivity index (χ1n) is 4.13. The lowest BCUT2D eigenvalue weighted by Gasteiger charge is -1.99. The third-order valence-corrected chi connectivity index (χ3v) is 2.01. The van der Waals surface area contributed by atoms with Gasteiger partial charge in [0.2, 0.25) is 10.6 Å². The lowest BCUT2D eigenvalue weighted by molar-refractivity contribution is 1.04. The molecule has 7 heteroatoms. The van der Waals surface area contributed by atoms with E-state index in [2.05, 4.69) is 19.9 Å². The van der Waals surface area contributed by atoms with Crippen molar-refractivity contribution in [1.82, 2.24) is 19.9 Å². The molecule has 0 radical (unpaired) electrons. The second kappa shape index (κ2) is 4.39. The lowest BCUT2D eigenvalue weighted by Crippen LogP contribution is -1.96. The Hall–Kier alpha value is -1.77. The molecule has 0 aliphatic rings. The second-order valence-electron chi connectivity index (χ2n) is 2.72. The summed E-state index contributed by atoms with van der Waals surface area (Å²) in [5.41, 5.74) is 0.690. The Balaban J connectivity index is 2.54. The van der Waals surface area contributed by atoms with Crippen LogP contribution >= 0.6 is 23.2 Å². The molecule has 0 bridgehead atoms. The first-order chi connectivity index (χ1) is 7.69. The maximum Gasteiger partial charge on any atom is 0.227 e. The van der Waals surface area contributed by atoms with Crippen molar-refractivity contribution in [2.75, 3.05) is 0 Å². The molecule has 0 spiro atoms.